The second-order valence-electron chi connectivity index (χ2n) is 6.74. The minimum atomic E-state index is -0.0437. The Labute approximate surface area is 150 Å². The summed E-state index contributed by atoms with van der Waals surface area (Å²) in [5.74, 6) is 2.77. The zero-order chi connectivity index (χ0) is 15.3. The molecule has 1 aromatic heterocycles. The van der Waals surface area contributed by atoms with Crippen molar-refractivity contribution in [3.05, 3.63) is 11.6 Å². The van der Waals surface area contributed by atoms with E-state index in [-0.39, 0.29) is 29.5 Å². The molecule has 6 nitrogen and oxygen atoms in total. The van der Waals surface area contributed by atoms with Gasteiger partial charge in [-0.2, -0.15) is 0 Å². The summed E-state index contributed by atoms with van der Waals surface area (Å²) in [5, 5.41) is 11.8. The number of aromatic nitrogens is 3. The number of guanidine groups is 1. The van der Waals surface area contributed by atoms with E-state index in [0.717, 1.165) is 44.0 Å². The maximum absolute atomic E-state index is 5.86. The van der Waals surface area contributed by atoms with Crippen molar-refractivity contribution in [2.45, 2.75) is 71.4 Å². The van der Waals surface area contributed by atoms with Crippen molar-refractivity contribution < 1.29 is 0 Å². The van der Waals surface area contributed by atoms with E-state index in [1.165, 1.54) is 19.3 Å². The number of nitrogens with one attached hydrogen (secondary N) is 1. The van der Waals surface area contributed by atoms with Crippen LogP contribution in [0.5, 0.6) is 0 Å². The van der Waals surface area contributed by atoms with Crippen LogP contribution in [0.15, 0.2) is 4.99 Å². The first-order valence-electron chi connectivity index (χ1n) is 7.95. The number of fused-ring (bicyclic) bond motifs is 1. The van der Waals surface area contributed by atoms with Crippen LogP contribution in [0.2, 0.25) is 0 Å². The molecule has 1 aromatic rings. The molecule has 0 amide bonds. The summed E-state index contributed by atoms with van der Waals surface area (Å²) in [6.07, 6.45) is 6.69. The molecule has 0 fully saturated rings. The van der Waals surface area contributed by atoms with Crippen LogP contribution in [0.4, 0.5) is 0 Å². The van der Waals surface area contributed by atoms with Gasteiger partial charge in [-0.15, -0.1) is 34.2 Å². The summed E-state index contributed by atoms with van der Waals surface area (Å²) >= 11 is 0. The highest BCUT2D eigenvalue weighted by Crippen LogP contribution is 2.15. The molecular formula is C15H29IN6. The van der Waals surface area contributed by atoms with Gasteiger partial charge in [0.15, 0.2) is 5.96 Å². The van der Waals surface area contributed by atoms with Crippen molar-refractivity contribution in [2.75, 3.05) is 6.54 Å². The summed E-state index contributed by atoms with van der Waals surface area (Å²) < 4.78 is 2.30. The number of aliphatic imine (C=N–C) groups is 1. The lowest BCUT2D eigenvalue weighted by atomic mass is 10.1. The maximum Gasteiger partial charge on any atom is 0.188 e. The topological polar surface area (TPSA) is 81.1 Å². The first-order valence-corrected chi connectivity index (χ1v) is 7.95. The smallest absolute Gasteiger partial charge is 0.188 e. The van der Waals surface area contributed by atoms with E-state index < -0.39 is 0 Å². The van der Waals surface area contributed by atoms with E-state index in [2.05, 4.69) is 45.8 Å². The van der Waals surface area contributed by atoms with Crippen LogP contribution in [-0.2, 0) is 19.4 Å². The monoisotopic (exact) mass is 420 g/mol. The quantitative estimate of drug-likeness (QED) is 0.339. The van der Waals surface area contributed by atoms with Crippen LogP contribution in [0.3, 0.4) is 0 Å². The standard InChI is InChI=1S/C15H28N6.HI/c1-15(2,3)18-14(16)17-10-7-9-13-20-19-12-8-5-4-6-11-21(12)13;/h4-11H2,1-3H3,(H3,16,17,18);1H. The molecule has 0 unspecified atom stereocenters. The van der Waals surface area contributed by atoms with Crippen molar-refractivity contribution in [3.8, 4) is 0 Å². The summed E-state index contributed by atoms with van der Waals surface area (Å²) in [7, 11) is 0. The number of rotatable bonds is 4. The third-order valence-electron chi connectivity index (χ3n) is 3.53. The van der Waals surface area contributed by atoms with Crippen LogP contribution in [-0.4, -0.2) is 32.8 Å². The van der Waals surface area contributed by atoms with E-state index in [0.29, 0.717) is 5.96 Å². The van der Waals surface area contributed by atoms with Gasteiger partial charge in [0.05, 0.1) is 0 Å². The second kappa shape index (κ2) is 8.69. The average Bonchev–Trinajstić information content (AvgIpc) is 2.61. The molecule has 1 aliphatic heterocycles. The Morgan fingerprint density at radius 2 is 2.05 bits per heavy atom. The highest BCUT2D eigenvalue weighted by Gasteiger charge is 2.14. The minimum Gasteiger partial charge on any atom is -0.370 e. The molecule has 1 aliphatic rings. The van der Waals surface area contributed by atoms with Crippen molar-refractivity contribution >= 4 is 29.9 Å². The number of hydrogen-bond donors (Lipinski definition) is 2. The van der Waals surface area contributed by atoms with Crippen LogP contribution in [0.25, 0.3) is 0 Å². The fourth-order valence-electron chi connectivity index (χ4n) is 2.59. The lowest BCUT2D eigenvalue weighted by Crippen LogP contribution is -2.45. The van der Waals surface area contributed by atoms with E-state index in [1.807, 2.05) is 0 Å². The third-order valence-corrected chi connectivity index (χ3v) is 3.53. The fourth-order valence-corrected chi connectivity index (χ4v) is 2.59. The SMILES string of the molecule is CC(C)(C)NC(N)=NCCCc1nnc2n1CCCCC2.I. The second-order valence-corrected chi connectivity index (χ2v) is 6.74. The molecule has 2 heterocycles. The van der Waals surface area contributed by atoms with Gasteiger partial charge < -0.3 is 15.6 Å². The van der Waals surface area contributed by atoms with Gasteiger partial charge in [0.2, 0.25) is 0 Å². The van der Waals surface area contributed by atoms with E-state index in [9.17, 15) is 0 Å². The van der Waals surface area contributed by atoms with Crippen LogP contribution >= 0.6 is 24.0 Å². The molecular weight excluding hydrogens is 391 g/mol. The van der Waals surface area contributed by atoms with Crippen molar-refractivity contribution in [3.63, 3.8) is 0 Å². The molecule has 0 saturated heterocycles. The largest absolute Gasteiger partial charge is 0.370 e. The molecule has 7 heteroatoms. The Balaban J connectivity index is 0.00000242. The molecule has 22 heavy (non-hydrogen) atoms. The van der Waals surface area contributed by atoms with Gasteiger partial charge in [0.1, 0.15) is 11.6 Å². The molecule has 0 bridgehead atoms. The van der Waals surface area contributed by atoms with E-state index >= 15 is 0 Å². The number of hydrogen-bond acceptors (Lipinski definition) is 3. The fraction of sp³-hybridized carbons (Fsp3) is 0.800. The summed E-state index contributed by atoms with van der Waals surface area (Å²) in [6.45, 7) is 7.99. The summed E-state index contributed by atoms with van der Waals surface area (Å²) in [5.41, 5.74) is 5.81. The molecule has 2 rings (SSSR count). The number of nitrogens with zero attached hydrogens (tertiary/aromatic N) is 4. The van der Waals surface area contributed by atoms with Crippen molar-refractivity contribution in [1.29, 1.82) is 0 Å². The van der Waals surface area contributed by atoms with Crippen molar-refractivity contribution in [2.24, 2.45) is 10.7 Å². The molecule has 0 saturated carbocycles. The lowest BCUT2D eigenvalue weighted by Gasteiger charge is -2.20. The molecule has 0 radical (unpaired) electrons. The Hall–Kier alpha value is -0.860. The van der Waals surface area contributed by atoms with Gasteiger partial charge in [-0.1, -0.05) is 6.42 Å². The van der Waals surface area contributed by atoms with Crippen molar-refractivity contribution in [1.82, 2.24) is 20.1 Å². The van der Waals surface area contributed by atoms with E-state index in [1.54, 1.807) is 0 Å². The highest BCUT2D eigenvalue weighted by atomic mass is 127. The average molecular weight is 420 g/mol. The molecule has 3 N–H and O–H groups in total. The Bertz CT molecular complexity index is 489. The lowest BCUT2D eigenvalue weighted by molar-refractivity contribution is 0.508. The molecule has 0 aromatic carbocycles. The van der Waals surface area contributed by atoms with Gasteiger partial charge in [0, 0.05) is 31.5 Å². The third kappa shape index (κ3) is 6.10. The van der Waals surface area contributed by atoms with E-state index in [4.69, 9.17) is 5.73 Å². The molecule has 0 spiro atoms. The Morgan fingerprint density at radius 1 is 1.27 bits per heavy atom. The first kappa shape index (κ1) is 19.2. The zero-order valence-electron chi connectivity index (χ0n) is 13.9. The normalized spacial score (nSPS) is 15.7. The van der Waals surface area contributed by atoms with Gasteiger partial charge in [-0.3, -0.25) is 4.99 Å². The van der Waals surface area contributed by atoms with Gasteiger partial charge in [-0.25, -0.2) is 0 Å². The zero-order valence-corrected chi connectivity index (χ0v) is 16.3. The Kier molecular flexibility index (Phi) is 7.58. The first-order chi connectivity index (χ1) is 9.96. The number of nitrogens with two attached hydrogens (primary N) is 1. The number of halogens is 1. The number of aryl methyl sites for hydroxylation is 2. The summed E-state index contributed by atoms with van der Waals surface area (Å²) in [6, 6.07) is 0. The molecule has 0 aliphatic carbocycles. The summed E-state index contributed by atoms with van der Waals surface area (Å²) in [4.78, 5) is 4.37. The Morgan fingerprint density at radius 3 is 2.77 bits per heavy atom. The van der Waals surface area contributed by atoms with Gasteiger partial charge in [-0.05, 0) is 40.0 Å². The highest BCUT2D eigenvalue weighted by molar-refractivity contribution is 14.0. The van der Waals surface area contributed by atoms with Crippen LogP contribution < -0.4 is 11.1 Å². The van der Waals surface area contributed by atoms with Gasteiger partial charge >= 0.3 is 0 Å². The predicted molar refractivity (Wildman–Crippen MR) is 101 cm³/mol. The predicted octanol–water partition coefficient (Wildman–Crippen LogP) is 2.26. The molecule has 126 valence electrons. The molecule has 0 atom stereocenters. The minimum absolute atomic E-state index is 0. The van der Waals surface area contributed by atoms with Crippen LogP contribution in [0.1, 0.15) is 58.1 Å². The maximum atomic E-state index is 5.86. The van der Waals surface area contributed by atoms with Gasteiger partial charge in [0.25, 0.3) is 0 Å². The van der Waals surface area contributed by atoms with Crippen LogP contribution in [0, 0.1) is 0 Å².